The van der Waals surface area contributed by atoms with Crippen molar-refractivity contribution in [2.24, 2.45) is 11.8 Å². The monoisotopic (exact) mass is 1120 g/mol. The molecular weight excluding hydrogens is 1040 g/mol. The summed E-state index contributed by atoms with van der Waals surface area (Å²) in [6.07, 6.45) is 8.88. The van der Waals surface area contributed by atoms with Gasteiger partial charge in [-0.2, -0.15) is 27.0 Å². The van der Waals surface area contributed by atoms with E-state index in [9.17, 15) is 9.59 Å². The number of nitrogens with one attached hydrogen (secondary N) is 4. The summed E-state index contributed by atoms with van der Waals surface area (Å²) in [5.41, 5.74) is 12.6. The molecule has 2 fully saturated rings. The number of likely N-dealkylation sites (tertiary alicyclic amines) is 2. The fraction of sp³-hybridized carbons (Fsp3) is 0.458. The third-order valence-corrected chi connectivity index (χ3v) is 14.3. The summed E-state index contributed by atoms with van der Waals surface area (Å²) in [6, 6.07) is 12.7. The van der Waals surface area contributed by atoms with E-state index in [2.05, 4.69) is 91.1 Å². The minimum absolute atomic E-state index is 0. The van der Waals surface area contributed by atoms with Gasteiger partial charge in [0.2, 0.25) is 11.9 Å². The zero-order chi connectivity index (χ0) is 54.4. The number of piperidine rings is 2. The predicted molar refractivity (Wildman–Crippen MR) is 324 cm³/mol. The van der Waals surface area contributed by atoms with Gasteiger partial charge in [-0.25, -0.2) is 29.5 Å². The molecule has 1 unspecified atom stereocenters. The van der Waals surface area contributed by atoms with Gasteiger partial charge in [-0.15, -0.1) is 0 Å². The number of ether oxygens (including phenoxy) is 2. The van der Waals surface area contributed by atoms with Gasteiger partial charge >= 0.3 is 12.2 Å². The zero-order valence-corrected chi connectivity index (χ0v) is 49.4. The molecule has 2 aromatic carbocycles. The molecule has 4 atom stereocenters. The maximum atomic E-state index is 12.7. The Bertz CT molecular complexity index is 3160. The highest BCUT2D eigenvalue weighted by atomic mass is 32.1. The van der Waals surface area contributed by atoms with Gasteiger partial charge < -0.3 is 48.9 Å². The van der Waals surface area contributed by atoms with Crippen LogP contribution >= 0.6 is 27.0 Å². The van der Waals surface area contributed by atoms with Crippen LogP contribution in [0.4, 0.5) is 21.5 Å². The van der Waals surface area contributed by atoms with Crippen molar-refractivity contribution in [1.29, 1.82) is 0 Å². The number of fused-ring (bicyclic) bond motifs is 2. The first-order valence-corrected chi connectivity index (χ1v) is 26.3. The molecular formula is C59H80N12O6S2. The van der Waals surface area contributed by atoms with E-state index in [1.165, 1.54) is 0 Å². The molecule has 79 heavy (non-hydrogen) atoms. The first-order chi connectivity index (χ1) is 36.0. The third kappa shape index (κ3) is 13.7. The second-order valence-corrected chi connectivity index (χ2v) is 22.7. The van der Waals surface area contributed by atoms with Crippen molar-refractivity contribution in [1.82, 2.24) is 50.0 Å². The van der Waals surface area contributed by atoms with Crippen LogP contribution in [0.5, 0.6) is 0 Å². The standard InChI is InChI=1S/2C29H36N6O3.CH4.2H2S/c2*1-16-10-11-35(28(36)37-29(5,6)7)15-24(16)32-27-31-13-17(2)26(33-27)22-14-30-23-12-20(8-9-21(22)23)25-18(3)34-38-19(25)4;;;/h2*8-9,12-14,16,24,30H,10-11,15H2,1-7H3,(H,31,32,33);1H4;2*1H2/t16-,24?;16-,24+;;;/m00.../s1. The van der Waals surface area contributed by atoms with E-state index in [1.54, 1.807) is 9.80 Å². The van der Waals surface area contributed by atoms with E-state index in [4.69, 9.17) is 28.5 Å². The average Bonchev–Trinajstić information content (AvgIpc) is 4.23. The van der Waals surface area contributed by atoms with Crippen LogP contribution in [0.2, 0.25) is 0 Å². The molecule has 0 radical (unpaired) electrons. The van der Waals surface area contributed by atoms with Crippen LogP contribution in [0.25, 0.3) is 66.6 Å². The summed E-state index contributed by atoms with van der Waals surface area (Å²) >= 11 is 0. The highest BCUT2D eigenvalue weighted by molar-refractivity contribution is 7.59. The minimum Gasteiger partial charge on any atom is -0.444 e. The smallest absolute Gasteiger partial charge is 0.410 e. The van der Waals surface area contributed by atoms with Crippen LogP contribution in [0.15, 0.2) is 70.2 Å². The Morgan fingerprint density at radius 2 is 1.00 bits per heavy atom. The van der Waals surface area contributed by atoms with Gasteiger partial charge in [-0.05, 0) is 142 Å². The first-order valence-electron chi connectivity index (χ1n) is 26.3. The zero-order valence-electron chi connectivity index (χ0n) is 47.4. The number of aromatic amines is 2. The number of hydrogen-bond donors (Lipinski definition) is 4. The lowest BCUT2D eigenvalue weighted by atomic mass is 9.94. The van der Waals surface area contributed by atoms with E-state index in [-0.39, 0.29) is 58.7 Å². The molecule has 2 saturated heterocycles. The molecule has 0 saturated carbocycles. The van der Waals surface area contributed by atoms with Gasteiger partial charge in [0.1, 0.15) is 22.7 Å². The number of aromatic nitrogens is 8. The molecule has 4 N–H and O–H groups in total. The van der Waals surface area contributed by atoms with Crippen molar-refractivity contribution in [2.75, 3.05) is 36.8 Å². The average molecular weight is 1120 g/mol. The van der Waals surface area contributed by atoms with E-state index in [0.717, 1.165) is 113 Å². The largest absolute Gasteiger partial charge is 0.444 e. The highest BCUT2D eigenvalue weighted by Gasteiger charge is 2.34. The van der Waals surface area contributed by atoms with E-state index in [0.29, 0.717) is 49.9 Å². The second-order valence-electron chi connectivity index (χ2n) is 22.7. The number of benzene rings is 2. The van der Waals surface area contributed by atoms with Gasteiger partial charge in [-0.3, -0.25) is 0 Å². The normalized spacial score (nSPS) is 17.4. The number of carbonyl (C=O) groups excluding carboxylic acids is 2. The van der Waals surface area contributed by atoms with Crippen LogP contribution in [-0.2, 0) is 9.47 Å². The molecule has 8 aromatic rings. The Labute approximate surface area is 477 Å². The lowest BCUT2D eigenvalue weighted by molar-refractivity contribution is 0.0166. The van der Waals surface area contributed by atoms with Gasteiger partial charge in [-0.1, -0.05) is 55.9 Å². The van der Waals surface area contributed by atoms with Crippen LogP contribution in [0.1, 0.15) is 110 Å². The highest BCUT2D eigenvalue weighted by Crippen LogP contribution is 2.37. The second kappa shape index (κ2) is 24.5. The molecule has 6 aromatic heterocycles. The Morgan fingerprint density at radius 3 is 1.34 bits per heavy atom. The third-order valence-electron chi connectivity index (χ3n) is 14.3. The number of H-pyrrole nitrogens is 2. The number of carbonyl (C=O) groups is 2. The summed E-state index contributed by atoms with van der Waals surface area (Å²) in [5.74, 6) is 3.43. The SMILES string of the molecule is C.Cc1cnc(NC2CN(C(=O)OC(C)(C)C)CC[C@@H]2C)nc1-c1c[nH]c2cc(-c3c(C)noc3C)ccc12.Cc1cnc(N[C@@H]2CN(C(=O)OC(C)(C)C)CC[C@@H]2C)nc1-c1c[nH]c2cc(-c3c(C)noc3C)ccc12.S.S. The fourth-order valence-electron chi connectivity index (χ4n) is 10.1. The number of aryl methyl sites for hydroxylation is 6. The van der Waals surface area contributed by atoms with Crippen molar-refractivity contribution < 1.29 is 28.1 Å². The molecule has 20 heteroatoms. The Balaban J connectivity index is 0.000000246. The quantitative estimate of drug-likeness (QED) is 0.111. The van der Waals surface area contributed by atoms with Crippen LogP contribution in [-0.4, -0.2) is 112 Å². The minimum atomic E-state index is -0.523. The van der Waals surface area contributed by atoms with Gasteiger partial charge in [0, 0.05) is 107 Å². The molecule has 18 nitrogen and oxygen atoms in total. The number of rotatable bonds is 8. The predicted octanol–water partition coefficient (Wildman–Crippen LogP) is 13.4. The van der Waals surface area contributed by atoms with Crippen LogP contribution in [0, 0.1) is 53.4 Å². The Kier molecular flexibility index (Phi) is 19.0. The number of nitrogens with zero attached hydrogens (tertiary/aromatic N) is 8. The molecule has 0 spiro atoms. The van der Waals surface area contributed by atoms with Crippen molar-refractivity contribution in [3.8, 4) is 44.8 Å². The number of hydrogen-bond acceptors (Lipinski definition) is 14. The fourth-order valence-corrected chi connectivity index (χ4v) is 10.1. The summed E-state index contributed by atoms with van der Waals surface area (Å²) in [6.45, 7) is 29.9. The lowest BCUT2D eigenvalue weighted by Crippen LogP contribution is -2.50. The van der Waals surface area contributed by atoms with E-state index in [1.807, 2.05) is 108 Å². The van der Waals surface area contributed by atoms with Gasteiger partial charge in [0.15, 0.2) is 0 Å². The summed E-state index contributed by atoms with van der Waals surface area (Å²) in [7, 11) is 0. The molecule has 0 bridgehead atoms. The van der Waals surface area contributed by atoms with Crippen LogP contribution < -0.4 is 10.6 Å². The topological polar surface area (TPSA) is 218 Å². The molecule has 10 rings (SSSR count). The van der Waals surface area contributed by atoms with E-state index >= 15 is 0 Å². The van der Waals surface area contributed by atoms with Crippen LogP contribution in [0.3, 0.4) is 0 Å². The van der Waals surface area contributed by atoms with Gasteiger partial charge in [0.25, 0.3) is 0 Å². The molecule has 2 aliphatic heterocycles. The lowest BCUT2D eigenvalue weighted by Gasteiger charge is -2.38. The molecule has 0 aliphatic carbocycles. The summed E-state index contributed by atoms with van der Waals surface area (Å²) in [5, 5.41) is 17.3. The Hall–Kier alpha value is -7.06. The van der Waals surface area contributed by atoms with Crippen molar-refractivity contribution in [2.45, 2.75) is 140 Å². The van der Waals surface area contributed by atoms with Crippen molar-refractivity contribution >= 4 is 72.9 Å². The number of amides is 2. The molecule has 2 aliphatic rings. The maximum Gasteiger partial charge on any atom is 0.410 e. The van der Waals surface area contributed by atoms with E-state index < -0.39 is 11.2 Å². The molecule has 2 amide bonds. The summed E-state index contributed by atoms with van der Waals surface area (Å²) in [4.78, 5) is 54.7. The number of anilines is 2. The van der Waals surface area contributed by atoms with Gasteiger partial charge in [0.05, 0.1) is 22.8 Å². The van der Waals surface area contributed by atoms with Crippen molar-refractivity contribution in [3.05, 3.63) is 95.2 Å². The molecule has 8 heterocycles. The van der Waals surface area contributed by atoms with Crippen molar-refractivity contribution in [3.63, 3.8) is 0 Å². The summed E-state index contributed by atoms with van der Waals surface area (Å²) < 4.78 is 21.9. The molecule has 424 valence electrons. The maximum absolute atomic E-state index is 12.7. The Morgan fingerprint density at radius 1 is 0.620 bits per heavy atom. The first kappa shape index (κ1) is 61.2.